The van der Waals surface area contributed by atoms with E-state index < -0.39 is 45.1 Å². The van der Waals surface area contributed by atoms with Gasteiger partial charge in [0.25, 0.3) is 0 Å². The van der Waals surface area contributed by atoms with Crippen LogP contribution in [0.1, 0.15) is 5.56 Å². The Balaban J connectivity index is 0.00000272. The van der Waals surface area contributed by atoms with Crippen LogP contribution in [0.2, 0.25) is 5.02 Å². The molecule has 10 nitrogen and oxygen atoms in total. The third-order valence-electron chi connectivity index (χ3n) is 4.59. The summed E-state index contributed by atoms with van der Waals surface area (Å²) < 4.78 is 25.9. The molecule has 5 atom stereocenters. The first-order valence-corrected chi connectivity index (χ1v) is 10.8. The number of halogens is 1. The van der Waals surface area contributed by atoms with Gasteiger partial charge in [0, 0.05) is 0 Å². The molecule has 0 aromatic heterocycles. The predicted octanol–water partition coefficient (Wildman–Crippen LogP) is -6.08. The number of hydrogen-bond acceptors (Lipinski definition) is 10. The van der Waals surface area contributed by atoms with Crippen molar-refractivity contribution in [1.82, 2.24) is 0 Å². The molecule has 33 heavy (non-hydrogen) atoms. The molecule has 1 heterocycles. The van der Waals surface area contributed by atoms with E-state index >= 15 is 0 Å². The van der Waals surface area contributed by atoms with Gasteiger partial charge in [-0.2, -0.15) is 5.26 Å². The van der Waals surface area contributed by atoms with E-state index in [2.05, 4.69) is 4.52 Å². The molecule has 0 spiro atoms. The van der Waals surface area contributed by atoms with Gasteiger partial charge in [-0.1, -0.05) is 29.8 Å². The van der Waals surface area contributed by atoms with Crippen LogP contribution in [0.15, 0.2) is 42.5 Å². The molecule has 3 rings (SSSR count). The minimum atomic E-state index is -5.52. The molecule has 0 saturated carbocycles. The molecule has 3 N–H and O–H groups in total. The van der Waals surface area contributed by atoms with Crippen molar-refractivity contribution < 1.29 is 103 Å². The fourth-order valence-electron chi connectivity index (χ4n) is 3.07. The Labute approximate surface area is 238 Å². The van der Waals surface area contributed by atoms with Gasteiger partial charge in [0.1, 0.15) is 30.2 Å². The fraction of sp³-hybridized carbons (Fsp3) is 0.316. The topological polar surface area (TPSA) is 175 Å². The Morgan fingerprint density at radius 3 is 2.21 bits per heavy atom. The largest absolute Gasteiger partial charge is 1.00 e. The molecule has 0 unspecified atom stereocenters. The van der Waals surface area contributed by atoms with Gasteiger partial charge in [-0.25, -0.2) is 0 Å². The molecule has 14 heteroatoms. The van der Waals surface area contributed by atoms with Crippen LogP contribution in [0.4, 0.5) is 0 Å². The number of aliphatic hydroxyl groups excluding tert-OH is 3. The first-order chi connectivity index (χ1) is 14.6. The van der Waals surface area contributed by atoms with Crippen LogP contribution in [0.25, 0.3) is 11.1 Å². The molecular formula is C19H17ClNNa2O9P. The Bertz CT molecular complexity index is 1020. The standard InChI is InChI=1S/C19H19ClNO9P.2Na/c20-13-7-12(11-3-1-10(8-21)2-4-11)5-6-14(13)28-19-17(24)16(23)18(15(9-22)29-19)30-31(25,26)27;;/h1-7,15-19,22-24H,9H2,(H2,25,26,27);;/q;2*+1/p-2/t15-,16-,17+,18-,19+;;/m1../s1. The molecule has 0 radical (unpaired) electrons. The molecule has 1 aliphatic heterocycles. The number of aliphatic hydroxyl groups is 3. The molecule has 0 amide bonds. The molecule has 1 fully saturated rings. The third kappa shape index (κ3) is 7.98. The number of ether oxygens (including phenoxy) is 2. The summed E-state index contributed by atoms with van der Waals surface area (Å²) in [7, 11) is -5.52. The average Bonchev–Trinajstić information content (AvgIpc) is 2.74. The zero-order chi connectivity index (χ0) is 22.8. The molecule has 2 aromatic carbocycles. The van der Waals surface area contributed by atoms with Gasteiger partial charge in [-0.15, -0.1) is 0 Å². The van der Waals surface area contributed by atoms with Crippen LogP contribution < -0.4 is 73.6 Å². The van der Waals surface area contributed by atoms with Crippen molar-refractivity contribution in [2.45, 2.75) is 30.7 Å². The van der Waals surface area contributed by atoms with Crippen molar-refractivity contribution in [3.63, 3.8) is 0 Å². The smallest absolute Gasteiger partial charge is 0.790 e. The maximum Gasteiger partial charge on any atom is 1.00 e. The number of phosphoric acid groups is 1. The number of rotatable bonds is 6. The summed E-state index contributed by atoms with van der Waals surface area (Å²) in [5, 5.41) is 38.8. The second kappa shape index (κ2) is 13.3. The first kappa shape index (κ1) is 31.0. The molecule has 2 aromatic rings. The van der Waals surface area contributed by atoms with Crippen LogP contribution in [0.3, 0.4) is 0 Å². The van der Waals surface area contributed by atoms with E-state index in [4.69, 9.17) is 26.3 Å². The summed E-state index contributed by atoms with van der Waals surface area (Å²) in [6.45, 7) is -0.820. The number of hydrogen-bond donors (Lipinski definition) is 3. The van der Waals surface area contributed by atoms with Gasteiger partial charge in [0.15, 0.2) is 0 Å². The quantitative estimate of drug-likeness (QED) is 0.248. The normalized spacial score (nSPS) is 24.7. The Hall–Kier alpha value is -0.0300. The molecule has 1 aliphatic rings. The molecule has 1 saturated heterocycles. The Kier molecular flexibility index (Phi) is 12.5. The minimum Gasteiger partial charge on any atom is -0.790 e. The van der Waals surface area contributed by atoms with Gasteiger partial charge >= 0.3 is 59.1 Å². The summed E-state index contributed by atoms with van der Waals surface area (Å²) in [4.78, 5) is 21.7. The van der Waals surface area contributed by atoms with E-state index in [0.717, 1.165) is 11.1 Å². The van der Waals surface area contributed by atoms with Crippen LogP contribution >= 0.6 is 19.4 Å². The van der Waals surface area contributed by atoms with E-state index in [9.17, 15) is 29.7 Å². The molecule has 166 valence electrons. The maximum absolute atomic E-state index is 10.9. The van der Waals surface area contributed by atoms with E-state index in [1.165, 1.54) is 6.07 Å². The van der Waals surface area contributed by atoms with Gasteiger partial charge in [0.2, 0.25) is 6.29 Å². The Morgan fingerprint density at radius 1 is 1.09 bits per heavy atom. The summed E-state index contributed by atoms with van der Waals surface area (Å²) in [6.07, 6.45) is -8.52. The van der Waals surface area contributed by atoms with Crippen LogP contribution in [-0.2, 0) is 13.8 Å². The van der Waals surface area contributed by atoms with Crippen molar-refractivity contribution in [3.8, 4) is 22.9 Å². The summed E-state index contributed by atoms with van der Waals surface area (Å²) in [6, 6.07) is 13.5. The molecule has 0 aliphatic carbocycles. The second-order valence-corrected chi connectivity index (χ2v) is 8.19. The van der Waals surface area contributed by atoms with Crippen LogP contribution in [0.5, 0.6) is 5.75 Å². The van der Waals surface area contributed by atoms with E-state index in [0.29, 0.717) is 5.56 Å². The van der Waals surface area contributed by atoms with Gasteiger partial charge in [0.05, 0.1) is 31.1 Å². The van der Waals surface area contributed by atoms with Crippen molar-refractivity contribution in [3.05, 3.63) is 53.1 Å². The number of benzene rings is 2. The minimum absolute atomic E-state index is 0. The molecular weight excluding hydrogens is 499 g/mol. The van der Waals surface area contributed by atoms with Crippen molar-refractivity contribution in [1.29, 1.82) is 5.26 Å². The van der Waals surface area contributed by atoms with Crippen molar-refractivity contribution in [2.75, 3.05) is 6.61 Å². The Morgan fingerprint density at radius 2 is 1.70 bits per heavy atom. The second-order valence-electron chi connectivity index (χ2n) is 6.68. The maximum atomic E-state index is 10.9. The van der Waals surface area contributed by atoms with Crippen molar-refractivity contribution >= 4 is 19.4 Å². The summed E-state index contributed by atoms with van der Waals surface area (Å²) >= 11 is 6.26. The summed E-state index contributed by atoms with van der Waals surface area (Å²) in [5.74, 6) is 0.0738. The van der Waals surface area contributed by atoms with E-state index in [1.807, 2.05) is 6.07 Å². The van der Waals surface area contributed by atoms with E-state index in [-0.39, 0.29) is 69.9 Å². The zero-order valence-electron chi connectivity index (χ0n) is 17.7. The number of nitriles is 1. The summed E-state index contributed by atoms with van der Waals surface area (Å²) in [5.41, 5.74) is 2.01. The average molecular weight is 516 g/mol. The monoisotopic (exact) mass is 515 g/mol. The van der Waals surface area contributed by atoms with Crippen molar-refractivity contribution in [2.24, 2.45) is 0 Å². The van der Waals surface area contributed by atoms with Crippen LogP contribution in [0, 0.1) is 11.3 Å². The fourth-order valence-corrected chi connectivity index (χ4v) is 3.85. The van der Waals surface area contributed by atoms with Crippen LogP contribution in [-0.4, -0.2) is 52.6 Å². The number of phosphoric ester groups is 1. The van der Waals surface area contributed by atoms with Gasteiger partial charge in [-0.05, 0) is 35.4 Å². The third-order valence-corrected chi connectivity index (χ3v) is 5.39. The van der Waals surface area contributed by atoms with E-state index in [1.54, 1.807) is 36.4 Å². The van der Waals surface area contributed by atoms with Gasteiger partial charge in [-0.3, -0.25) is 0 Å². The van der Waals surface area contributed by atoms with Gasteiger partial charge < -0.3 is 43.7 Å². The zero-order valence-corrected chi connectivity index (χ0v) is 23.3. The molecule has 0 bridgehead atoms. The SMILES string of the molecule is N#Cc1ccc(-c2ccc(O[C@H]3O[C@H](CO)[C@@H](OP(=O)([O-])[O-])[C@H](O)[C@@H]3O)c(Cl)c2)cc1.[Na+].[Na+]. The number of nitrogens with zero attached hydrogens (tertiary/aromatic N) is 1. The first-order valence-electron chi connectivity index (χ1n) is 8.92. The predicted molar refractivity (Wildman–Crippen MR) is 102 cm³/mol.